The quantitative estimate of drug-likeness (QED) is 0.691. The van der Waals surface area contributed by atoms with Crippen LogP contribution in [0.25, 0.3) is 0 Å². The van der Waals surface area contributed by atoms with Crippen LogP contribution in [0.4, 0.5) is 0 Å². The number of carbonyl (C=O) groups is 1. The molecule has 0 spiro atoms. The molecule has 1 aliphatic heterocycles. The van der Waals surface area contributed by atoms with E-state index in [1.807, 2.05) is 29.2 Å². The SMILES string of the molecule is O=C(c1cccc(I)c1)N1CCCc2ccccc2C1. The number of nitrogens with zero attached hydrogens (tertiary/aromatic N) is 1. The van der Waals surface area contributed by atoms with E-state index in [4.69, 9.17) is 0 Å². The van der Waals surface area contributed by atoms with E-state index in [2.05, 4.69) is 46.9 Å². The molecule has 0 N–H and O–H groups in total. The van der Waals surface area contributed by atoms with E-state index in [0.29, 0.717) is 0 Å². The lowest BCUT2D eigenvalue weighted by atomic mass is 10.0. The van der Waals surface area contributed by atoms with Gasteiger partial charge in [0.05, 0.1) is 0 Å². The molecule has 0 fully saturated rings. The summed E-state index contributed by atoms with van der Waals surface area (Å²) in [7, 11) is 0. The van der Waals surface area contributed by atoms with Crippen LogP contribution >= 0.6 is 22.6 Å². The van der Waals surface area contributed by atoms with E-state index in [0.717, 1.165) is 35.1 Å². The summed E-state index contributed by atoms with van der Waals surface area (Å²) in [6.07, 6.45) is 2.10. The third kappa shape index (κ3) is 2.87. The predicted molar refractivity (Wildman–Crippen MR) is 88.7 cm³/mol. The average molecular weight is 377 g/mol. The minimum Gasteiger partial charge on any atom is -0.334 e. The van der Waals surface area contributed by atoms with Gasteiger partial charge in [0.25, 0.3) is 5.91 Å². The molecule has 3 rings (SSSR count). The molecule has 0 aromatic heterocycles. The van der Waals surface area contributed by atoms with Gasteiger partial charge in [-0.25, -0.2) is 0 Å². The van der Waals surface area contributed by atoms with Gasteiger partial charge in [0.2, 0.25) is 0 Å². The monoisotopic (exact) mass is 377 g/mol. The van der Waals surface area contributed by atoms with Crippen LogP contribution in [0.3, 0.4) is 0 Å². The van der Waals surface area contributed by atoms with Gasteiger partial charge in [0.1, 0.15) is 0 Å². The van der Waals surface area contributed by atoms with Crippen LogP contribution in [0.2, 0.25) is 0 Å². The van der Waals surface area contributed by atoms with E-state index in [1.165, 1.54) is 11.1 Å². The first-order chi connectivity index (χ1) is 9.74. The molecule has 0 saturated carbocycles. The first kappa shape index (κ1) is 13.6. The average Bonchev–Trinajstić information content (AvgIpc) is 2.68. The fourth-order valence-electron chi connectivity index (χ4n) is 2.68. The Morgan fingerprint density at radius 1 is 1.05 bits per heavy atom. The highest BCUT2D eigenvalue weighted by atomic mass is 127. The van der Waals surface area contributed by atoms with Gasteiger partial charge in [-0.15, -0.1) is 0 Å². The summed E-state index contributed by atoms with van der Waals surface area (Å²) in [5.41, 5.74) is 3.45. The Kier molecular flexibility index (Phi) is 4.05. The number of benzene rings is 2. The van der Waals surface area contributed by atoms with E-state index in [-0.39, 0.29) is 5.91 Å². The van der Waals surface area contributed by atoms with Gasteiger partial charge >= 0.3 is 0 Å². The zero-order valence-electron chi connectivity index (χ0n) is 11.2. The zero-order valence-corrected chi connectivity index (χ0v) is 13.3. The lowest BCUT2D eigenvalue weighted by Crippen LogP contribution is -2.30. The number of rotatable bonds is 1. The van der Waals surface area contributed by atoms with Crippen molar-refractivity contribution in [1.29, 1.82) is 0 Å². The van der Waals surface area contributed by atoms with Crippen molar-refractivity contribution in [3.63, 3.8) is 0 Å². The fraction of sp³-hybridized carbons (Fsp3) is 0.235. The molecule has 0 saturated heterocycles. The molecule has 0 atom stereocenters. The number of halogens is 1. The van der Waals surface area contributed by atoms with Crippen molar-refractivity contribution in [2.45, 2.75) is 19.4 Å². The van der Waals surface area contributed by atoms with Crippen molar-refractivity contribution < 1.29 is 4.79 Å². The molecule has 2 nitrogen and oxygen atoms in total. The van der Waals surface area contributed by atoms with Crippen LogP contribution in [0.5, 0.6) is 0 Å². The highest BCUT2D eigenvalue weighted by Crippen LogP contribution is 2.20. The number of hydrogen-bond acceptors (Lipinski definition) is 1. The number of carbonyl (C=O) groups excluding carboxylic acids is 1. The van der Waals surface area contributed by atoms with Gasteiger partial charge in [-0.05, 0) is 64.8 Å². The maximum absolute atomic E-state index is 12.6. The molecule has 1 amide bonds. The summed E-state index contributed by atoms with van der Waals surface area (Å²) in [4.78, 5) is 14.6. The van der Waals surface area contributed by atoms with Gasteiger partial charge < -0.3 is 4.90 Å². The smallest absolute Gasteiger partial charge is 0.254 e. The highest BCUT2D eigenvalue weighted by molar-refractivity contribution is 14.1. The lowest BCUT2D eigenvalue weighted by Gasteiger charge is -2.21. The topological polar surface area (TPSA) is 20.3 Å². The number of hydrogen-bond donors (Lipinski definition) is 0. The second-order valence-corrected chi connectivity index (χ2v) is 6.35. The molecule has 0 aliphatic carbocycles. The van der Waals surface area contributed by atoms with Gasteiger partial charge in [-0.1, -0.05) is 30.3 Å². The third-order valence-corrected chi connectivity index (χ3v) is 4.38. The van der Waals surface area contributed by atoms with Crippen LogP contribution in [0, 0.1) is 3.57 Å². The minimum atomic E-state index is 0.139. The van der Waals surface area contributed by atoms with Crippen LogP contribution in [-0.4, -0.2) is 17.4 Å². The molecule has 1 heterocycles. The minimum absolute atomic E-state index is 0.139. The standard InChI is InChI=1S/C17H16INO/c18-16-9-3-7-14(11-16)17(20)19-10-4-8-13-5-1-2-6-15(13)12-19/h1-3,5-7,9,11H,4,8,10,12H2. The van der Waals surface area contributed by atoms with Crippen LogP contribution < -0.4 is 0 Å². The summed E-state index contributed by atoms with van der Waals surface area (Å²) in [6.45, 7) is 1.56. The molecular weight excluding hydrogens is 361 g/mol. The van der Waals surface area contributed by atoms with E-state index in [9.17, 15) is 4.79 Å². The van der Waals surface area contributed by atoms with Crippen molar-refractivity contribution in [3.8, 4) is 0 Å². The van der Waals surface area contributed by atoms with Crippen molar-refractivity contribution >= 4 is 28.5 Å². The first-order valence-electron chi connectivity index (χ1n) is 6.85. The summed E-state index contributed by atoms with van der Waals surface area (Å²) in [5.74, 6) is 0.139. The van der Waals surface area contributed by atoms with Gasteiger partial charge in [0, 0.05) is 22.2 Å². The Labute approximate surface area is 132 Å². The number of aryl methyl sites for hydroxylation is 1. The molecule has 2 aromatic carbocycles. The third-order valence-electron chi connectivity index (χ3n) is 3.71. The van der Waals surface area contributed by atoms with Gasteiger partial charge in [0.15, 0.2) is 0 Å². The van der Waals surface area contributed by atoms with Crippen molar-refractivity contribution in [1.82, 2.24) is 4.90 Å². The van der Waals surface area contributed by atoms with Crippen molar-refractivity contribution in [2.24, 2.45) is 0 Å². The van der Waals surface area contributed by atoms with Crippen LogP contribution in [0.1, 0.15) is 27.9 Å². The van der Waals surface area contributed by atoms with Gasteiger partial charge in [-0.2, -0.15) is 0 Å². The largest absolute Gasteiger partial charge is 0.334 e. The van der Waals surface area contributed by atoms with E-state index >= 15 is 0 Å². The summed E-state index contributed by atoms with van der Waals surface area (Å²) >= 11 is 2.25. The zero-order chi connectivity index (χ0) is 13.9. The Hall–Kier alpha value is -1.36. The van der Waals surface area contributed by atoms with E-state index < -0.39 is 0 Å². The maximum atomic E-state index is 12.6. The highest BCUT2D eigenvalue weighted by Gasteiger charge is 2.19. The fourth-order valence-corrected chi connectivity index (χ4v) is 3.22. The first-order valence-corrected chi connectivity index (χ1v) is 7.93. The number of amides is 1. The lowest BCUT2D eigenvalue weighted by molar-refractivity contribution is 0.0746. The molecule has 0 unspecified atom stereocenters. The summed E-state index contributed by atoms with van der Waals surface area (Å²) < 4.78 is 1.10. The summed E-state index contributed by atoms with van der Waals surface area (Å²) in [5, 5.41) is 0. The van der Waals surface area contributed by atoms with E-state index in [1.54, 1.807) is 0 Å². The summed E-state index contributed by atoms with van der Waals surface area (Å²) in [6, 6.07) is 16.3. The Balaban J connectivity index is 1.86. The molecule has 20 heavy (non-hydrogen) atoms. The molecule has 2 aromatic rings. The number of fused-ring (bicyclic) bond motifs is 1. The van der Waals surface area contributed by atoms with Crippen molar-refractivity contribution in [3.05, 3.63) is 68.8 Å². The van der Waals surface area contributed by atoms with Crippen LogP contribution in [-0.2, 0) is 13.0 Å². The molecule has 102 valence electrons. The molecular formula is C17H16INO. The molecule has 0 radical (unpaired) electrons. The molecule has 0 bridgehead atoms. The Morgan fingerprint density at radius 2 is 1.85 bits per heavy atom. The predicted octanol–water partition coefficient (Wildman–Crippen LogP) is 3.88. The Morgan fingerprint density at radius 3 is 2.65 bits per heavy atom. The molecule has 3 heteroatoms. The Bertz CT molecular complexity index is 638. The maximum Gasteiger partial charge on any atom is 0.254 e. The normalized spacial score (nSPS) is 14.6. The van der Waals surface area contributed by atoms with Crippen LogP contribution in [0.15, 0.2) is 48.5 Å². The molecule has 1 aliphatic rings. The second kappa shape index (κ2) is 5.95. The second-order valence-electron chi connectivity index (χ2n) is 5.11. The van der Waals surface area contributed by atoms with Gasteiger partial charge in [-0.3, -0.25) is 4.79 Å². The van der Waals surface area contributed by atoms with Crippen molar-refractivity contribution in [2.75, 3.05) is 6.54 Å².